The van der Waals surface area contributed by atoms with E-state index in [4.69, 9.17) is 9.72 Å². The number of aliphatic imine (C=N–C) groups is 1. The van der Waals surface area contributed by atoms with Gasteiger partial charge in [-0.25, -0.2) is 4.98 Å². The first-order valence-electron chi connectivity index (χ1n) is 10.8. The van der Waals surface area contributed by atoms with Gasteiger partial charge in [0, 0.05) is 57.6 Å². The molecule has 0 bridgehead atoms. The molecule has 1 unspecified atom stereocenters. The first-order valence-corrected chi connectivity index (χ1v) is 11.7. The number of nitrogens with zero attached hydrogens (tertiary/aromatic N) is 4. The Kier molecular flexibility index (Phi) is 8.53. The maximum atomic E-state index is 10.7. The molecule has 0 radical (unpaired) electrons. The van der Waals surface area contributed by atoms with Crippen molar-refractivity contribution in [1.29, 1.82) is 0 Å². The van der Waals surface area contributed by atoms with Gasteiger partial charge in [-0.05, 0) is 26.7 Å². The van der Waals surface area contributed by atoms with Gasteiger partial charge in [0.2, 0.25) is 0 Å². The monoisotopic (exact) mass is 424 g/mol. The van der Waals surface area contributed by atoms with E-state index in [1.807, 2.05) is 13.8 Å². The summed E-state index contributed by atoms with van der Waals surface area (Å²) in [5.41, 5.74) is 0.263. The highest BCUT2D eigenvalue weighted by Crippen LogP contribution is 2.24. The standard InChI is InChI=1S/C20H36N6O2S/c1-3-21-18(23-15-20(2,27)16-25-10-12-28-13-11-25)22-7-6-17-14-29-19(24-17)26-8-4-5-9-26/h14,27H,3-13,15-16H2,1-2H3,(H2,21,22,23). The summed E-state index contributed by atoms with van der Waals surface area (Å²) in [6.07, 6.45) is 3.40. The van der Waals surface area contributed by atoms with Crippen LogP contribution in [0.3, 0.4) is 0 Å². The second-order valence-corrected chi connectivity index (χ2v) is 8.91. The number of ether oxygens (including phenoxy) is 1. The third-order valence-electron chi connectivity index (χ3n) is 5.18. The Morgan fingerprint density at radius 2 is 2.03 bits per heavy atom. The molecule has 29 heavy (non-hydrogen) atoms. The molecular weight excluding hydrogens is 388 g/mol. The van der Waals surface area contributed by atoms with Crippen LogP contribution in [0.15, 0.2) is 10.4 Å². The largest absolute Gasteiger partial charge is 0.387 e. The number of guanidine groups is 1. The van der Waals surface area contributed by atoms with Crippen molar-refractivity contribution >= 4 is 22.4 Å². The van der Waals surface area contributed by atoms with E-state index in [-0.39, 0.29) is 0 Å². The van der Waals surface area contributed by atoms with Gasteiger partial charge in [0.15, 0.2) is 11.1 Å². The van der Waals surface area contributed by atoms with E-state index < -0.39 is 5.60 Å². The number of rotatable bonds is 9. The lowest BCUT2D eigenvalue weighted by atomic mass is 10.1. The van der Waals surface area contributed by atoms with Gasteiger partial charge in [-0.1, -0.05) is 0 Å². The molecule has 0 aliphatic carbocycles. The second-order valence-electron chi connectivity index (χ2n) is 8.07. The summed E-state index contributed by atoms with van der Waals surface area (Å²) in [4.78, 5) is 14.0. The highest BCUT2D eigenvalue weighted by atomic mass is 32.1. The van der Waals surface area contributed by atoms with Crippen LogP contribution >= 0.6 is 11.3 Å². The molecule has 3 heterocycles. The summed E-state index contributed by atoms with van der Waals surface area (Å²) in [5, 5.41) is 20.7. The van der Waals surface area contributed by atoms with Gasteiger partial charge in [0.25, 0.3) is 0 Å². The number of nitrogens with one attached hydrogen (secondary N) is 2. The van der Waals surface area contributed by atoms with Crippen molar-refractivity contribution < 1.29 is 9.84 Å². The van der Waals surface area contributed by atoms with Gasteiger partial charge in [-0.3, -0.25) is 9.89 Å². The third kappa shape index (κ3) is 7.40. The maximum absolute atomic E-state index is 10.7. The summed E-state index contributed by atoms with van der Waals surface area (Å²) in [6, 6.07) is 0. The zero-order chi connectivity index (χ0) is 20.5. The number of hydrogen-bond acceptors (Lipinski definition) is 7. The van der Waals surface area contributed by atoms with E-state index in [2.05, 4.69) is 30.8 Å². The van der Waals surface area contributed by atoms with E-state index in [0.29, 0.717) is 13.1 Å². The van der Waals surface area contributed by atoms with E-state index in [9.17, 15) is 5.11 Å². The molecule has 1 aromatic heterocycles. The summed E-state index contributed by atoms with van der Waals surface area (Å²) >= 11 is 1.74. The summed E-state index contributed by atoms with van der Waals surface area (Å²) < 4.78 is 5.38. The lowest BCUT2D eigenvalue weighted by Crippen LogP contribution is -2.48. The fourth-order valence-electron chi connectivity index (χ4n) is 3.66. The van der Waals surface area contributed by atoms with Crippen molar-refractivity contribution in [3.8, 4) is 0 Å². The number of β-amino-alcohol motifs (C(OH)–C–C–N with tert-alkyl or cyclic N) is 1. The van der Waals surface area contributed by atoms with Crippen molar-refractivity contribution in [3.63, 3.8) is 0 Å². The van der Waals surface area contributed by atoms with Crippen molar-refractivity contribution in [3.05, 3.63) is 11.1 Å². The van der Waals surface area contributed by atoms with Crippen LogP contribution < -0.4 is 15.5 Å². The Morgan fingerprint density at radius 3 is 2.76 bits per heavy atom. The molecular formula is C20H36N6O2S. The topological polar surface area (TPSA) is 85.2 Å². The van der Waals surface area contributed by atoms with Crippen LogP contribution in [-0.2, 0) is 11.2 Å². The van der Waals surface area contributed by atoms with Crippen LogP contribution in [0.25, 0.3) is 0 Å². The SMILES string of the molecule is CCNC(=NCC(C)(O)CN1CCOCC1)NCCc1csc(N2CCCC2)n1. The van der Waals surface area contributed by atoms with Crippen LogP contribution in [0.2, 0.25) is 0 Å². The molecule has 8 nitrogen and oxygen atoms in total. The number of morpholine rings is 1. The van der Waals surface area contributed by atoms with Gasteiger partial charge in [0.05, 0.1) is 31.1 Å². The van der Waals surface area contributed by atoms with Gasteiger partial charge in [-0.2, -0.15) is 0 Å². The number of anilines is 1. The second kappa shape index (κ2) is 11.1. The molecule has 164 valence electrons. The van der Waals surface area contributed by atoms with Crippen molar-refractivity contribution in [1.82, 2.24) is 20.5 Å². The molecule has 2 aliphatic heterocycles. The predicted octanol–water partition coefficient (Wildman–Crippen LogP) is 0.924. The van der Waals surface area contributed by atoms with E-state index in [1.54, 1.807) is 11.3 Å². The lowest BCUT2D eigenvalue weighted by molar-refractivity contribution is -0.0179. The zero-order valence-corrected chi connectivity index (χ0v) is 18.6. The summed E-state index contributed by atoms with van der Waals surface area (Å²) in [6.45, 7) is 11.9. The number of hydrogen-bond donors (Lipinski definition) is 3. The number of aliphatic hydroxyl groups is 1. The van der Waals surface area contributed by atoms with Crippen LogP contribution in [0.4, 0.5) is 5.13 Å². The molecule has 1 atom stereocenters. The first-order chi connectivity index (χ1) is 14.1. The Balaban J connectivity index is 1.44. The molecule has 2 saturated heterocycles. The normalized spacial score (nSPS) is 20.7. The molecule has 0 saturated carbocycles. The minimum absolute atomic E-state index is 0.357. The number of aromatic nitrogens is 1. The molecule has 3 rings (SSSR count). The average molecular weight is 425 g/mol. The molecule has 9 heteroatoms. The van der Waals surface area contributed by atoms with Gasteiger partial charge >= 0.3 is 0 Å². The minimum Gasteiger partial charge on any atom is -0.387 e. The highest BCUT2D eigenvalue weighted by molar-refractivity contribution is 7.13. The molecule has 3 N–H and O–H groups in total. The average Bonchev–Trinajstić information content (AvgIpc) is 3.38. The van der Waals surface area contributed by atoms with E-state index in [1.165, 1.54) is 12.8 Å². The fourth-order valence-corrected chi connectivity index (χ4v) is 4.57. The summed E-state index contributed by atoms with van der Waals surface area (Å²) in [5.74, 6) is 0.741. The predicted molar refractivity (Wildman–Crippen MR) is 119 cm³/mol. The quantitative estimate of drug-likeness (QED) is 0.402. The van der Waals surface area contributed by atoms with Crippen LogP contribution in [0.5, 0.6) is 0 Å². The molecule has 0 amide bonds. The molecule has 2 fully saturated rings. The molecule has 0 spiro atoms. The van der Waals surface area contributed by atoms with Gasteiger partial charge in [-0.15, -0.1) is 11.3 Å². The zero-order valence-electron chi connectivity index (χ0n) is 17.8. The Bertz CT molecular complexity index is 639. The first kappa shape index (κ1) is 22.3. The lowest BCUT2D eigenvalue weighted by Gasteiger charge is -2.33. The third-order valence-corrected chi connectivity index (χ3v) is 6.13. The smallest absolute Gasteiger partial charge is 0.191 e. The van der Waals surface area contributed by atoms with Crippen molar-refractivity contribution in [2.45, 2.75) is 38.7 Å². The Hall–Kier alpha value is -1.42. The highest BCUT2D eigenvalue weighted by Gasteiger charge is 2.25. The molecule has 2 aliphatic rings. The summed E-state index contributed by atoms with van der Waals surface area (Å²) in [7, 11) is 0. The molecule has 1 aromatic rings. The van der Waals surface area contributed by atoms with Crippen LogP contribution in [0, 0.1) is 0 Å². The van der Waals surface area contributed by atoms with E-state index >= 15 is 0 Å². The van der Waals surface area contributed by atoms with E-state index in [0.717, 1.165) is 75.7 Å². The minimum atomic E-state index is -0.862. The molecule has 0 aromatic carbocycles. The van der Waals surface area contributed by atoms with Crippen molar-refractivity contribution in [2.75, 3.05) is 70.5 Å². The Labute approximate surface area is 178 Å². The van der Waals surface area contributed by atoms with Gasteiger partial charge in [0.1, 0.15) is 0 Å². The van der Waals surface area contributed by atoms with Crippen molar-refractivity contribution in [2.24, 2.45) is 4.99 Å². The maximum Gasteiger partial charge on any atom is 0.191 e. The Morgan fingerprint density at radius 1 is 1.28 bits per heavy atom. The fraction of sp³-hybridized carbons (Fsp3) is 0.800. The number of thiazole rings is 1. The van der Waals surface area contributed by atoms with Gasteiger partial charge < -0.3 is 25.4 Å². The van der Waals surface area contributed by atoms with Crippen LogP contribution in [0.1, 0.15) is 32.4 Å². The van der Waals surface area contributed by atoms with Crippen LogP contribution in [-0.4, -0.2) is 92.1 Å².